The number of rotatable bonds is 6. The first-order valence-corrected chi connectivity index (χ1v) is 11.7. The zero-order valence-electron chi connectivity index (χ0n) is 16.5. The molecule has 2 aromatic carbocycles. The Morgan fingerprint density at radius 1 is 1.23 bits per heavy atom. The Bertz CT molecular complexity index is 1170. The van der Waals surface area contributed by atoms with E-state index in [2.05, 4.69) is 9.71 Å². The van der Waals surface area contributed by atoms with E-state index in [1.54, 1.807) is 22.4 Å². The van der Waals surface area contributed by atoms with Crippen molar-refractivity contribution in [1.29, 1.82) is 0 Å². The molecule has 0 aliphatic carbocycles. The van der Waals surface area contributed by atoms with Gasteiger partial charge in [-0.25, -0.2) is 13.4 Å². The number of para-hydroxylation sites is 1. The maximum Gasteiger partial charge on any atom is 0.263 e. The van der Waals surface area contributed by atoms with Gasteiger partial charge in [-0.2, -0.15) is 0 Å². The minimum atomic E-state index is -3.77. The first-order chi connectivity index (χ1) is 14.4. The lowest BCUT2D eigenvalue weighted by Gasteiger charge is -2.22. The highest BCUT2D eigenvalue weighted by atomic mass is 32.2. The van der Waals surface area contributed by atoms with E-state index in [1.165, 1.54) is 19.2 Å². The molecule has 1 N–H and O–H groups in total. The number of hydrogen-bond donors (Lipinski definition) is 1. The zero-order chi connectivity index (χ0) is 21.3. The minimum Gasteiger partial charge on any atom is -0.497 e. The van der Waals surface area contributed by atoms with E-state index in [0.29, 0.717) is 11.4 Å². The number of hydrogen-bond acceptors (Lipinski definition) is 6. The smallest absolute Gasteiger partial charge is 0.263 e. The van der Waals surface area contributed by atoms with E-state index >= 15 is 0 Å². The van der Waals surface area contributed by atoms with Crippen molar-refractivity contribution in [3.05, 3.63) is 65.2 Å². The second-order valence-electron chi connectivity index (χ2n) is 7.05. The van der Waals surface area contributed by atoms with Gasteiger partial charge in [0.05, 0.1) is 24.1 Å². The number of carbonyl (C=O) groups is 1. The molecule has 7 nitrogen and oxygen atoms in total. The van der Waals surface area contributed by atoms with Gasteiger partial charge < -0.3 is 9.64 Å². The molecule has 0 saturated carbocycles. The fourth-order valence-corrected chi connectivity index (χ4v) is 5.51. The van der Waals surface area contributed by atoms with Crippen LogP contribution in [0.5, 0.6) is 5.75 Å². The summed E-state index contributed by atoms with van der Waals surface area (Å²) < 4.78 is 32.6. The average molecular weight is 444 g/mol. The lowest BCUT2D eigenvalue weighted by atomic mass is 10.1. The molecule has 1 atom stereocenters. The first-order valence-electron chi connectivity index (χ1n) is 9.38. The molecule has 1 amide bonds. The number of anilines is 2. The van der Waals surface area contributed by atoms with Gasteiger partial charge in [-0.15, -0.1) is 11.3 Å². The Balaban J connectivity index is 1.46. The molecular formula is C21H21N3O4S2. The summed E-state index contributed by atoms with van der Waals surface area (Å²) in [5.74, 6) is 0.518. The molecule has 2 heterocycles. The van der Waals surface area contributed by atoms with E-state index in [9.17, 15) is 13.2 Å². The van der Waals surface area contributed by atoms with Gasteiger partial charge in [-0.05, 0) is 49.2 Å². The minimum absolute atomic E-state index is 0.0534. The number of fused-ring (bicyclic) bond motifs is 1. The number of aromatic nitrogens is 1. The average Bonchev–Trinajstić information content (AvgIpc) is 3.30. The van der Waals surface area contributed by atoms with Crippen molar-refractivity contribution in [3.63, 3.8) is 0 Å². The summed E-state index contributed by atoms with van der Waals surface area (Å²) in [4.78, 5) is 19.1. The number of amides is 1. The van der Waals surface area contributed by atoms with E-state index in [0.717, 1.165) is 29.0 Å². The molecule has 0 unspecified atom stereocenters. The molecule has 0 spiro atoms. The van der Waals surface area contributed by atoms with Gasteiger partial charge in [0.2, 0.25) is 5.91 Å². The lowest BCUT2D eigenvalue weighted by molar-refractivity contribution is -0.118. The van der Waals surface area contributed by atoms with Crippen molar-refractivity contribution in [2.24, 2.45) is 0 Å². The second-order valence-corrected chi connectivity index (χ2v) is 9.59. The number of nitrogens with one attached hydrogen (secondary N) is 1. The van der Waals surface area contributed by atoms with Gasteiger partial charge in [0.15, 0.2) is 5.13 Å². The number of carbonyl (C=O) groups excluding carboxylic acids is 1. The molecule has 0 saturated heterocycles. The topological polar surface area (TPSA) is 88.6 Å². The van der Waals surface area contributed by atoms with E-state index < -0.39 is 10.0 Å². The van der Waals surface area contributed by atoms with Gasteiger partial charge in [0, 0.05) is 17.1 Å². The summed E-state index contributed by atoms with van der Waals surface area (Å²) in [6.07, 6.45) is 0.936. The third kappa shape index (κ3) is 4.03. The normalized spacial score (nSPS) is 15.7. The number of methoxy groups -OCH3 is 1. The maximum atomic E-state index is 12.9. The molecule has 1 aliphatic rings. The Labute approximate surface area is 179 Å². The predicted octanol–water partition coefficient (Wildman–Crippen LogP) is 3.47. The van der Waals surface area contributed by atoms with E-state index in [-0.39, 0.29) is 28.4 Å². The number of ether oxygens (including phenoxy) is 1. The largest absolute Gasteiger partial charge is 0.497 e. The SMILES string of the molecule is COc1ccc(S(=O)(=O)Nc2nc(CC(=O)N3c4ccccc4C[C@@H]3C)cs2)cc1. The fraction of sp³-hybridized carbons (Fsp3) is 0.238. The monoisotopic (exact) mass is 443 g/mol. The van der Waals surface area contributed by atoms with E-state index in [4.69, 9.17) is 4.74 Å². The van der Waals surface area contributed by atoms with Crippen molar-refractivity contribution < 1.29 is 17.9 Å². The van der Waals surface area contributed by atoms with Crippen molar-refractivity contribution in [2.75, 3.05) is 16.7 Å². The molecule has 3 aromatic rings. The number of nitrogens with zero attached hydrogens (tertiary/aromatic N) is 2. The van der Waals surface area contributed by atoms with Crippen LogP contribution in [0.1, 0.15) is 18.2 Å². The van der Waals surface area contributed by atoms with Crippen LogP contribution >= 0.6 is 11.3 Å². The summed E-state index contributed by atoms with van der Waals surface area (Å²) >= 11 is 1.15. The molecule has 0 bridgehead atoms. The molecule has 1 aliphatic heterocycles. The first kappa shape index (κ1) is 20.4. The van der Waals surface area contributed by atoms with Crippen molar-refractivity contribution in [2.45, 2.75) is 30.7 Å². The summed E-state index contributed by atoms with van der Waals surface area (Å²) in [6, 6.07) is 14.1. The summed E-state index contributed by atoms with van der Waals surface area (Å²) in [5.41, 5.74) is 2.63. The van der Waals surface area contributed by atoms with Crippen LogP contribution < -0.4 is 14.4 Å². The fourth-order valence-electron chi connectivity index (χ4n) is 3.55. The lowest BCUT2D eigenvalue weighted by Crippen LogP contribution is -2.36. The van der Waals surface area contributed by atoms with Crippen LogP contribution in [-0.2, 0) is 27.7 Å². The highest BCUT2D eigenvalue weighted by Crippen LogP contribution is 2.32. The second kappa shape index (κ2) is 8.08. The van der Waals surface area contributed by atoms with Gasteiger partial charge in [0.25, 0.3) is 10.0 Å². The van der Waals surface area contributed by atoms with Crippen molar-refractivity contribution in [3.8, 4) is 5.75 Å². The summed E-state index contributed by atoms with van der Waals surface area (Å²) in [7, 11) is -2.26. The summed E-state index contributed by atoms with van der Waals surface area (Å²) in [5, 5.41) is 1.93. The van der Waals surface area contributed by atoms with Crippen LogP contribution in [0.2, 0.25) is 0 Å². The Morgan fingerprint density at radius 3 is 2.70 bits per heavy atom. The van der Waals surface area contributed by atoms with Crippen LogP contribution in [-0.4, -0.2) is 32.5 Å². The Hall–Kier alpha value is -2.91. The molecule has 0 fully saturated rings. The third-order valence-electron chi connectivity index (χ3n) is 4.95. The zero-order valence-corrected chi connectivity index (χ0v) is 18.2. The van der Waals surface area contributed by atoms with Crippen molar-refractivity contribution >= 4 is 38.1 Å². The molecule has 1 aromatic heterocycles. The van der Waals surface area contributed by atoms with Crippen LogP contribution in [0.25, 0.3) is 0 Å². The highest BCUT2D eigenvalue weighted by Gasteiger charge is 2.30. The van der Waals surface area contributed by atoms with E-state index in [1.807, 2.05) is 31.2 Å². The van der Waals surface area contributed by atoms with Crippen molar-refractivity contribution in [1.82, 2.24) is 4.98 Å². The molecule has 156 valence electrons. The summed E-state index contributed by atoms with van der Waals surface area (Å²) in [6.45, 7) is 2.02. The molecule has 9 heteroatoms. The highest BCUT2D eigenvalue weighted by molar-refractivity contribution is 7.93. The number of benzene rings is 2. The standard InChI is InChI=1S/C21H21N3O4S2/c1-14-11-15-5-3-4-6-19(15)24(14)20(25)12-16-13-29-21(22-16)23-30(26,27)18-9-7-17(28-2)8-10-18/h3-10,13-14H,11-12H2,1-2H3,(H,22,23)/t14-/m0/s1. The third-order valence-corrected chi connectivity index (χ3v) is 7.24. The van der Waals surface area contributed by atoms with Crippen LogP contribution in [0.4, 0.5) is 10.8 Å². The van der Waals surface area contributed by atoms with Gasteiger partial charge >= 0.3 is 0 Å². The van der Waals surface area contributed by atoms with Crippen LogP contribution in [0.3, 0.4) is 0 Å². The van der Waals surface area contributed by atoms with Gasteiger partial charge in [0.1, 0.15) is 5.75 Å². The Morgan fingerprint density at radius 2 is 1.97 bits per heavy atom. The number of sulfonamides is 1. The quantitative estimate of drug-likeness (QED) is 0.630. The molecule has 4 rings (SSSR count). The maximum absolute atomic E-state index is 12.9. The van der Waals surface area contributed by atoms with Crippen LogP contribution in [0.15, 0.2) is 58.8 Å². The Kier molecular flexibility index (Phi) is 5.48. The number of thiazole rings is 1. The predicted molar refractivity (Wildman–Crippen MR) is 117 cm³/mol. The molecule has 30 heavy (non-hydrogen) atoms. The van der Waals surface area contributed by atoms with Gasteiger partial charge in [-0.1, -0.05) is 18.2 Å². The molecule has 0 radical (unpaired) electrons. The van der Waals surface area contributed by atoms with Gasteiger partial charge in [-0.3, -0.25) is 9.52 Å². The van der Waals surface area contributed by atoms with Crippen LogP contribution in [0, 0.1) is 0 Å². The molecular weight excluding hydrogens is 422 g/mol.